The lowest BCUT2D eigenvalue weighted by Crippen LogP contribution is -2.33. The number of aromatic nitrogens is 3. The van der Waals surface area contributed by atoms with Crippen molar-refractivity contribution in [2.24, 2.45) is 0 Å². The molecule has 1 aliphatic heterocycles. The van der Waals surface area contributed by atoms with Gasteiger partial charge >= 0.3 is 6.18 Å². The summed E-state index contributed by atoms with van der Waals surface area (Å²) in [4.78, 5) is 5.79. The summed E-state index contributed by atoms with van der Waals surface area (Å²) in [5, 5.41) is 4.97. The van der Waals surface area contributed by atoms with E-state index < -0.39 is 11.7 Å². The van der Waals surface area contributed by atoms with Crippen molar-refractivity contribution in [1.29, 1.82) is 0 Å². The minimum absolute atomic E-state index is 0.0209. The van der Waals surface area contributed by atoms with Gasteiger partial charge in [-0.3, -0.25) is 9.67 Å². The summed E-state index contributed by atoms with van der Waals surface area (Å²) in [7, 11) is 0. The molecule has 0 radical (unpaired) electrons. The third kappa shape index (κ3) is 4.69. The number of alkyl halides is 3. The number of pyridine rings is 1. The van der Waals surface area contributed by atoms with Gasteiger partial charge in [0.2, 0.25) is 0 Å². The molecule has 174 valence electrons. The Morgan fingerprint density at radius 1 is 0.824 bits per heavy atom. The number of nitrogens with zero attached hydrogens (tertiary/aromatic N) is 4. The largest absolute Gasteiger partial charge is 0.417 e. The van der Waals surface area contributed by atoms with Crippen molar-refractivity contribution in [3.8, 4) is 0 Å². The summed E-state index contributed by atoms with van der Waals surface area (Å²) in [5.41, 5.74) is 3.16. The number of halogens is 3. The Bertz CT molecular complexity index is 1170. The van der Waals surface area contributed by atoms with Crippen molar-refractivity contribution in [2.45, 2.75) is 31.0 Å². The average Bonchev–Trinajstić information content (AvgIpc) is 3.35. The normalized spacial score (nSPS) is 15.1. The molecule has 2 aromatic heterocycles. The summed E-state index contributed by atoms with van der Waals surface area (Å²) >= 11 is 0. The zero-order valence-electron chi connectivity index (χ0n) is 18.6. The highest BCUT2D eigenvalue weighted by atomic mass is 19.4. The molecule has 5 rings (SSSR count). The average molecular weight is 463 g/mol. The van der Waals surface area contributed by atoms with E-state index in [1.807, 2.05) is 52.2 Å². The molecule has 1 fully saturated rings. The molecule has 0 atom stereocenters. The fourth-order valence-electron chi connectivity index (χ4n) is 4.67. The van der Waals surface area contributed by atoms with Crippen molar-refractivity contribution in [3.05, 3.63) is 114 Å². The number of hydrogen-bond donors (Lipinski definition) is 0. The van der Waals surface area contributed by atoms with Crippen LogP contribution in [0.1, 0.15) is 47.2 Å². The van der Waals surface area contributed by atoms with E-state index >= 15 is 0 Å². The predicted molar refractivity (Wildman–Crippen MR) is 126 cm³/mol. The number of piperidine rings is 1. The lowest BCUT2D eigenvalue weighted by Gasteiger charge is -2.33. The first-order valence-electron chi connectivity index (χ1n) is 11.4. The summed E-state index contributed by atoms with van der Waals surface area (Å²) in [6, 6.07) is 23.8. The Balaban J connectivity index is 1.33. The quantitative estimate of drug-likeness (QED) is 0.348. The van der Waals surface area contributed by atoms with Crippen LogP contribution < -0.4 is 4.90 Å². The van der Waals surface area contributed by atoms with Gasteiger partial charge in [-0.25, -0.2) is 0 Å². The molecule has 4 nitrogen and oxygen atoms in total. The molecule has 1 saturated heterocycles. The number of rotatable bonds is 5. The van der Waals surface area contributed by atoms with Crippen molar-refractivity contribution >= 4 is 5.69 Å². The van der Waals surface area contributed by atoms with Crippen LogP contribution in [0, 0.1) is 0 Å². The molecule has 0 aliphatic carbocycles. The summed E-state index contributed by atoms with van der Waals surface area (Å²) in [6.45, 7) is 1.34. The van der Waals surface area contributed by atoms with E-state index in [-0.39, 0.29) is 12.0 Å². The van der Waals surface area contributed by atoms with E-state index in [0.717, 1.165) is 35.9 Å². The maximum absolute atomic E-state index is 13.1. The SMILES string of the molecule is FC(F)(F)c1cncc(N2CCC(c3ccn(C(c4ccccc4)c4ccccc4)n3)CC2)c1. The van der Waals surface area contributed by atoms with Crippen LogP contribution in [-0.4, -0.2) is 27.9 Å². The van der Waals surface area contributed by atoms with E-state index in [4.69, 9.17) is 5.10 Å². The van der Waals surface area contributed by atoms with Crippen LogP contribution in [0.3, 0.4) is 0 Å². The zero-order chi connectivity index (χ0) is 23.5. The Morgan fingerprint density at radius 3 is 2.03 bits per heavy atom. The molecule has 1 aliphatic rings. The minimum atomic E-state index is -4.39. The van der Waals surface area contributed by atoms with Crippen LogP contribution in [0.2, 0.25) is 0 Å². The van der Waals surface area contributed by atoms with Gasteiger partial charge in [0, 0.05) is 31.4 Å². The molecular weight excluding hydrogens is 437 g/mol. The second-order valence-electron chi connectivity index (χ2n) is 8.64. The van der Waals surface area contributed by atoms with Crippen LogP contribution >= 0.6 is 0 Å². The molecule has 3 heterocycles. The molecule has 7 heteroatoms. The monoisotopic (exact) mass is 462 g/mol. The van der Waals surface area contributed by atoms with Crippen LogP contribution in [0.25, 0.3) is 0 Å². The van der Waals surface area contributed by atoms with Crippen LogP contribution in [0.4, 0.5) is 18.9 Å². The van der Waals surface area contributed by atoms with Gasteiger partial charge in [-0.05, 0) is 36.1 Å². The van der Waals surface area contributed by atoms with Gasteiger partial charge in [-0.1, -0.05) is 60.7 Å². The maximum Gasteiger partial charge on any atom is 0.417 e. The molecule has 0 spiro atoms. The standard InChI is InChI=1S/C27H25F3N4/c28-27(29,30)23-17-24(19-31-18-23)33-14-11-20(12-15-33)25-13-16-34(32-25)26(21-7-3-1-4-8-21)22-9-5-2-6-10-22/h1-10,13,16-20,26H,11-12,14-15H2. The highest BCUT2D eigenvalue weighted by molar-refractivity contribution is 5.47. The van der Waals surface area contributed by atoms with Crippen molar-refractivity contribution in [1.82, 2.24) is 14.8 Å². The first-order valence-corrected chi connectivity index (χ1v) is 11.4. The third-order valence-electron chi connectivity index (χ3n) is 6.45. The van der Waals surface area contributed by atoms with Gasteiger partial charge in [0.1, 0.15) is 6.04 Å². The smallest absolute Gasteiger partial charge is 0.370 e. The number of hydrogen-bond acceptors (Lipinski definition) is 3. The van der Waals surface area contributed by atoms with E-state index in [2.05, 4.69) is 35.3 Å². The van der Waals surface area contributed by atoms with E-state index in [9.17, 15) is 13.2 Å². The first kappa shape index (κ1) is 22.2. The molecule has 0 amide bonds. The van der Waals surface area contributed by atoms with Crippen LogP contribution in [0.5, 0.6) is 0 Å². The lowest BCUT2D eigenvalue weighted by atomic mass is 9.93. The van der Waals surface area contributed by atoms with Gasteiger partial charge in [0.15, 0.2) is 0 Å². The van der Waals surface area contributed by atoms with Crippen LogP contribution in [-0.2, 0) is 6.18 Å². The number of benzene rings is 2. The molecule has 0 bridgehead atoms. The third-order valence-corrected chi connectivity index (χ3v) is 6.45. The highest BCUT2D eigenvalue weighted by Crippen LogP contribution is 2.34. The molecular formula is C27H25F3N4. The molecule has 34 heavy (non-hydrogen) atoms. The van der Waals surface area contributed by atoms with Gasteiger partial charge in [0.25, 0.3) is 0 Å². The Hall–Kier alpha value is -3.61. The van der Waals surface area contributed by atoms with Crippen molar-refractivity contribution in [3.63, 3.8) is 0 Å². The van der Waals surface area contributed by atoms with Crippen molar-refractivity contribution in [2.75, 3.05) is 18.0 Å². The van der Waals surface area contributed by atoms with Gasteiger partial charge in [-0.2, -0.15) is 18.3 Å². The highest BCUT2D eigenvalue weighted by Gasteiger charge is 2.32. The van der Waals surface area contributed by atoms with Gasteiger partial charge < -0.3 is 4.90 Å². The van der Waals surface area contributed by atoms with Crippen molar-refractivity contribution < 1.29 is 13.2 Å². The molecule has 0 N–H and O–H groups in total. The second kappa shape index (κ2) is 9.33. The molecule has 4 aromatic rings. The second-order valence-corrected chi connectivity index (χ2v) is 8.64. The summed E-state index contributed by atoms with van der Waals surface area (Å²) in [6.07, 6.45) is 1.68. The van der Waals surface area contributed by atoms with Gasteiger partial charge in [-0.15, -0.1) is 0 Å². The van der Waals surface area contributed by atoms with E-state index in [1.54, 1.807) is 0 Å². The van der Waals surface area contributed by atoms with Crippen LogP contribution in [0.15, 0.2) is 91.4 Å². The predicted octanol–water partition coefficient (Wildman–Crippen LogP) is 6.32. The fraction of sp³-hybridized carbons (Fsp3) is 0.259. The minimum Gasteiger partial charge on any atom is -0.370 e. The molecule has 0 unspecified atom stereocenters. The number of anilines is 1. The Morgan fingerprint density at radius 2 is 1.44 bits per heavy atom. The zero-order valence-corrected chi connectivity index (χ0v) is 18.6. The molecule has 0 saturated carbocycles. The lowest BCUT2D eigenvalue weighted by molar-refractivity contribution is -0.137. The van der Waals surface area contributed by atoms with Gasteiger partial charge in [0.05, 0.1) is 23.1 Å². The van der Waals surface area contributed by atoms with E-state index in [0.29, 0.717) is 18.8 Å². The maximum atomic E-state index is 13.1. The topological polar surface area (TPSA) is 34.0 Å². The fourth-order valence-corrected chi connectivity index (χ4v) is 4.67. The summed E-state index contributed by atoms with van der Waals surface area (Å²) in [5.74, 6) is 0.267. The Kier molecular flexibility index (Phi) is 6.09. The first-order chi connectivity index (χ1) is 16.5. The Labute approximate surface area is 196 Å². The summed E-state index contributed by atoms with van der Waals surface area (Å²) < 4.78 is 41.2. The van der Waals surface area contributed by atoms with E-state index in [1.165, 1.54) is 12.3 Å². The molecule has 2 aromatic carbocycles.